The minimum Gasteiger partial charge on any atom is -0.380 e. The molecule has 0 saturated carbocycles. The standard InChI is InChI=1S/C14H27N3O/c1-5-6-8-18-9-7-17-11-14(13(4)16-17)10-15-12(2)3/h11-12,15H,5-10H2,1-4H3. The van der Waals surface area contributed by atoms with Crippen LogP contribution in [0.1, 0.15) is 44.9 Å². The summed E-state index contributed by atoms with van der Waals surface area (Å²) in [5, 5.41) is 7.92. The summed E-state index contributed by atoms with van der Waals surface area (Å²) in [7, 11) is 0. The van der Waals surface area contributed by atoms with Gasteiger partial charge in [-0.1, -0.05) is 27.2 Å². The number of unbranched alkanes of at least 4 members (excludes halogenated alkanes) is 1. The molecule has 0 radical (unpaired) electrons. The Kier molecular flexibility index (Phi) is 6.98. The lowest BCUT2D eigenvalue weighted by Gasteiger charge is -2.06. The molecule has 0 aliphatic heterocycles. The highest BCUT2D eigenvalue weighted by Crippen LogP contribution is 2.05. The van der Waals surface area contributed by atoms with Crippen LogP contribution >= 0.6 is 0 Å². The van der Waals surface area contributed by atoms with Crippen molar-refractivity contribution in [2.75, 3.05) is 13.2 Å². The average Bonchev–Trinajstić information content (AvgIpc) is 2.67. The zero-order valence-electron chi connectivity index (χ0n) is 12.2. The number of hydrogen-bond donors (Lipinski definition) is 1. The van der Waals surface area contributed by atoms with E-state index in [9.17, 15) is 0 Å². The van der Waals surface area contributed by atoms with Crippen molar-refractivity contribution < 1.29 is 4.74 Å². The highest BCUT2D eigenvalue weighted by molar-refractivity contribution is 5.15. The highest BCUT2D eigenvalue weighted by atomic mass is 16.5. The Morgan fingerprint density at radius 3 is 2.83 bits per heavy atom. The zero-order valence-corrected chi connectivity index (χ0v) is 12.2. The van der Waals surface area contributed by atoms with Gasteiger partial charge >= 0.3 is 0 Å². The van der Waals surface area contributed by atoms with E-state index in [4.69, 9.17) is 4.74 Å². The van der Waals surface area contributed by atoms with Gasteiger partial charge in [-0.2, -0.15) is 5.10 Å². The third kappa shape index (κ3) is 5.65. The predicted octanol–water partition coefficient (Wildman–Crippen LogP) is 2.51. The lowest BCUT2D eigenvalue weighted by atomic mass is 10.2. The molecule has 104 valence electrons. The van der Waals surface area contributed by atoms with Gasteiger partial charge in [0.05, 0.1) is 18.8 Å². The summed E-state index contributed by atoms with van der Waals surface area (Å²) in [5.74, 6) is 0. The third-order valence-electron chi connectivity index (χ3n) is 2.86. The largest absolute Gasteiger partial charge is 0.380 e. The monoisotopic (exact) mass is 253 g/mol. The van der Waals surface area contributed by atoms with Gasteiger partial charge in [0.1, 0.15) is 0 Å². The topological polar surface area (TPSA) is 39.1 Å². The van der Waals surface area contributed by atoms with E-state index < -0.39 is 0 Å². The van der Waals surface area contributed by atoms with E-state index in [1.807, 2.05) is 4.68 Å². The number of hydrogen-bond acceptors (Lipinski definition) is 3. The Morgan fingerprint density at radius 2 is 2.17 bits per heavy atom. The van der Waals surface area contributed by atoms with Gasteiger partial charge < -0.3 is 10.1 Å². The quantitative estimate of drug-likeness (QED) is 0.687. The van der Waals surface area contributed by atoms with Crippen LogP contribution in [0, 0.1) is 6.92 Å². The van der Waals surface area contributed by atoms with E-state index in [0.29, 0.717) is 6.04 Å². The molecule has 0 atom stereocenters. The molecule has 1 aromatic rings. The molecule has 1 heterocycles. The summed E-state index contributed by atoms with van der Waals surface area (Å²) < 4.78 is 7.53. The van der Waals surface area contributed by atoms with Crippen molar-refractivity contribution in [2.45, 2.75) is 59.7 Å². The lowest BCUT2D eigenvalue weighted by Crippen LogP contribution is -2.21. The number of aromatic nitrogens is 2. The number of nitrogens with zero attached hydrogens (tertiary/aromatic N) is 2. The number of rotatable bonds is 9. The van der Waals surface area contributed by atoms with Crippen LogP contribution in [0.3, 0.4) is 0 Å². The van der Waals surface area contributed by atoms with Crippen LogP contribution in [0.2, 0.25) is 0 Å². The van der Waals surface area contributed by atoms with E-state index in [0.717, 1.165) is 38.4 Å². The summed E-state index contributed by atoms with van der Waals surface area (Å²) in [4.78, 5) is 0. The number of nitrogens with one attached hydrogen (secondary N) is 1. The van der Waals surface area contributed by atoms with Crippen LogP contribution in [0.25, 0.3) is 0 Å². The van der Waals surface area contributed by atoms with Crippen molar-refractivity contribution in [2.24, 2.45) is 0 Å². The minimum absolute atomic E-state index is 0.505. The normalized spacial score (nSPS) is 11.4. The summed E-state index contributed by atoms with van der Waals surface area (Å²) in [6.45, 7) is 11.9. The summed E-state index contributed by atoms with van der Waals surface area (Å²) in [6, 6.07) is 0.505. The summed E-state index contributed by atoms with van der Waals surface area (Å²) in [5.41, 5.74) is 2.38. The van der Waals surface area contributed by atoms with Crippen molar-refractivity contribution in [1.29, 1.82) is 0 Å². The Labute approximate surface area is 111 Å². The molecule has 0 unspecified atom stereocenters. The van der Waals surface area contributed by atoms with Crippen LogP contribution in [0.15, 0.2) is 6.20 Å². The number of ether oxygens (including phenoxy) is 1. The maximum absolute atomic E-state index is 5.55. The molecular formula is C14H27N3O. The van der Waals surface area contributed by atoms with Gasteiger partial charge in [-0.25, -0.2) is 0 Å². The van der Waals surface area contributed by atoms with Gasteiger partial charge in [0, 0.05) is 31.0 Å². The smallest absolute Gasteiger partial charge is 0.0662 e. The van der Waals surface area contributed by atoms with Gasteiger partial charge in [0.25, 0.3) is 0 Å². The molecule has 1 N–H and O–H groups in total. The van der Waals surface area contributed by atoms with E-state index in [1.165, 1.54) is 12.0 Å². The summed E-state index contributed by atoms with van der Waals surface area (Å²) >= 11 is 0. The first-order valence-electron chi connectivity index (χ1n) is 6.97. The second kappa shape index (κ2) is 8.27. The van der Waals surface area contributed by atoms with Crippen LogP contribution in [0.4, 0.5) is 0 Å². The predicted molar refractivity (Wildman–Crippen MR) is 74.7 cm³/mol. The molecule has 1 rings (SSSR count). The van der Waals surface area contributed by atoms with Crippen LogP contribution in [0.5, 0.6) is 0 Å². The van der Waals surface area contributed by atoms with E-state index in [-0.39, 0.29) is 0 Å². The van der Waals surface area contributed by atoms with Crippen molar-refractivity contribution >= 4 is 0 Å². The van der Waals surface area contributed by atoms with Gasteiger partial charge in [-0.05, 0) is 13.3 Å². The van der Waals surface area contributed by atoms with Crippen molar-refractivity contribution in [3.8, 4) is 0 Å². The Balaban J connectivity index is 2.31. The SMILES string of the molecule is CCCCOCCn1cc(CNC(C)C)c(C)n1. The minimum atomic E-state index is 0.505. The molecular weight excluding hydrogens is 226 g/mol. The van der Waals surface area contributed by atoms with Crippen molar-refractivity contribution in [1.82, 2.24) is 15.1 Å². The third-order valence-corrected chi connectivity index (χ3v) is 2.86. The van der Waals surface area contributed by atoms with Gasteiger partial charge in [-0.15, -0.1) is 0 Å². The molecule has 0 amide bonds. The Morgan fingerprint density at radius 1 is 1.39 bits per heavy atom. The van der Waals surface area contributed by atoms with Crippen LogP contribution in [-0.2, 0) is 17.8 Å². The van der Waals surface area contributed by atoms with Gasteiger partial charge in [0.15, 0.2) is 0 Å². The molecule has 0 saturated heterocycles. The maximum Gasteiger partial charge on any atom is 0.0662 e. The Hall–Kier alpha value is -0.870. The average molecular weight is 253 g/mol. The lowest BCUT2D eigenvalue weighted by molar-refractivity contribution is 0.121. The van der Waals surface area contributed by atoms with Crippen molar-refractivity contribution in [3.63, 3.8) is 0 Å². The van der Waals surface area contributed by atoms with E-state index >= 15 is 0 Å². The van der Waals surface area contributed by atoms with Gasteiger partial charge in [-0.3, -0.25) is 4.68 Å². The first kappa shape index (κ1) is 15.2. The molecule has 0 aliphatic rings. The second-order valence-corrected chi connectivity index (χ2v) is 5.00. The molecule has 4 nitrogen and oxygen atoms in total. The molecule has 0 fully saturated rings. The molecule has 18 heavy (non-hydrogen) atoms. The number of aryl methyl sites for hydroxylation is 1. The molecule has 0 spiro atoms. The molecule has 0 aromatic carbocycles. The maximum atomic E-state index is 5.55. The van der Waals surface area contributed by atoms with Gasteiger partial charge in [0.2, 0.25) is 0 Å². The fourth-order valence-electron chi connectivity index (χ4n) is 1.67. The summed E-state index contributed by atoms with van der Waals surface area (Å²) in [6.07, 6.45) is 4.45. The molecule has 0 bridgehead atoms. The first-order chi connectivity index (χ1) is 8.63. The fourth-order valence-corrected chi connectivity index (χ4v) is 1.67. The van der Waals surface area contributed by atoms with Crippen LogP contribution < -0.4 is 5.32 Å². The van der Waals surface area contributed by atoms with E-state index in [1.54, 1.807) is 0 Å². The van der Waals surface area contributed by atoms with Crippen molar-refractivity contribution in [3.05, 3.63) is 17.5 Å². The first-order valence-corrected chi connectivity index (χ1v) is 6.97. The zero-order chi connectivity index (χ0) is 13.4. The fraction of sp³-hybridized carbons (Fsp3) is 0.786. The molecule has 4 heteroatoms. The van der Waals surface area contributed by atoms with Crippen LogP contribution in [-0.4, -0.2) is 29.0 Å². The highest BCUT2D eigenvalue weighted by Gasteiger charge is 2.05. The molecule has 0 aliphatic carbocycles. The second-order valence-electron chi connectivity index (χ2n) is 5.00. The van der Waals surface area contributed by atoms with E-state index in [2.05, 4.69) is 44.3 Å². The molecule has 1 aromatic heterocycles. The Bertz CT molecular complexity index is 334.